The van der Waals surface area contributed by atoms with E-state index < -0.39 is 0 Å². The van der Waals surface area contributed by atoms with Gasteiger partial charge < -0.3 is 10.1 Å². The van der Waals surface area contributed by atoms with Gasteiger partial charge in [0.2, 0.25) is 0 Å². The molecule has 0 aromatic rings. The van der Waals surface area contributed by atoms with Crippen molar-refractivity contribution in [2.45, 2.75) is 82.8 Å². The van der Waals surface area contributed by atoms with Crippen molar-refractivity contribution in [2.75, 3.05) is 13.2 Å². The first-order valence-electron chi connectivity index (χ1n) is 8.69. The van der Waals surface area contributed by atoms with E-state index in [0.29, 0.717) is 0 Å². The molecule has 2 saturated carbocycles. The lowest BCUT2D eigenvalue weighted by Gasteiger charge is -2.43. The van der Waals surface area contributed by atoms with Crippen LogP contribution in [0.4, 0.5) is 0 Å². The fourth-order valence-electron chi connectivity index (χ4n) is 4.57. The smallest absolute Gasteiger partial charge is 0.0685 e. The average molecular weight is 265 g/mol. The van der Waals surface area contributed by atoms with Gasteiger partial charge in [-0.25, -0.2) is 0 Å². The number of ether oxygens (including phenoxy) is 1. The molecule has 0 aromatic heterocycles. The maximum atomic E-state index is 6.20. The van der Waals surface area contributed by atoms with Gasteiger partial charge in [0.25, 0.3) is 0 Å². The minimum absolute atomic E-state index is 0.288. The molecule has 2 unspecified atom stereocenters. The van der Waals surface area contributed by atoms with Gasteiger partial charge >= 0.3 is 0 Å². The number of hydrogen-bond donors (Lipinski definition) is 1. The first-order valence-corrected chi connectivity index (χ1v) is 8.69. The Morgan fingerprint density at radius 3 is 2.58 bits per heavy atom. The first kappa shape index (κ1) is 13.9. The molecule has 19 heavy (non-hydrogen) atoms. The molecule has 1 aliphatic heterocycles. The summed E-state index contributed by atoms with van der Waals surface area (Å²) in [4.78, 5) is 0. The van der Waals surface area contributed by atoms with Gasteiger partial charge in [0, 0.05) is 12.6 Å². The highest BCUT2D eigenvalue weighted by Gasteiger charge is 2.42. The average Bonchev–Trinajstić information content (AvgIpc) is 2.80. The van der Waals surface area contributed by atoms with Crippen LogP contribution in [0.1, 0.15) is 71.1 Å². The first-order chi connectivity index (χ1) is 9.31. The van der Waals surface area contributed by atoms with Crippen LogP contribution in [-0.4, -0.2) is 24.8 Å². The van der Waals surface area contributed by atoms with E-state index in [1.165, 1.54) is 64.2 Å². The van der Waals surface area contributed by atoms with Crippen molar-refractivity contribution in [3.8, 4) is 0 Å². The lowest BCUT2D eigenvalue weighted by molar-refractivity contribution is -0.0992. The SMILES string of the molecule is CCNC(CC1CCC1)C1CCOC2(CCCC2)C1. The Labute approximate surface area is 118 Å². The summed E-state index contributed by atoms with van der Waals surface area (Å²) in [6.07, 6.45) is 13.9. The summed E-state index contributed by atoms with van der Waals surface area (Å²) in [6, 6.07) is 0.761. The van der Waals surface area contributed by atoms with Crippen LogP contribution in [0.5, 0.6) is 0 Å². The predicted octanol–water partition coefficient (Wildman–Crippen LogP) is 3.89. The highest BCUT2D eigenvalue weighted by atomic mass is 16.5. The molecule has 0 aromatic carbocycles. The predicted molar refractivity (Wildman–Crippen MR) is 79.3 cm³/mol. The van der Waals surface area contributed by atoms with Crippen LogP contribution in [0.2, 0.25) is 0 Å². The molecule has 3 aliphatic rings. The van der Waals surface area contributed by atoms with Gasteiger partial charge in [-0.1, -0.05) is 39.0 Å². The van der Waals surface area contributed by atoms with Crippen molar-refractivity contribution >= 4 is 0 Å². The van der Waals surface area contributed by atoms with Crippen LogP contribution in [-0.2, 0) is 4.74 Å². The van der Waals surface area contributed by atoms with Crippen LogP contribution >= 0.6 is 0 Å². The third-order valence-corrected chi connectivity index (χ3v) is 5.89. The zero-order valence-corrected chi connectivity index (χ0v) is 12.6. The van der Waals surface area contributed by atoms with Crippen LogP contribution < -0.4 is 5.32 Å². The lowest BCUT2D eigenvalue weighted by Crippen LogP contribution is -2.46. The maximum Gasteiger partial charge on any atom is 0.0685 e. The van der Waals surface area contributed by atoms with Gasteiger partial charge in [-0.2, -0.15) is 0 Å². The Balaban J connectivity index is 1.59. The third-order valence-electron chi connectivity index (χ3n) is 5.89. The second-order valence-corrected chi connectivity index (χ2v) is 7.19. The molecule has 1 spiro atoms. The Kier molecular flexibility index (Phi) is 4.48. The van der Waals surface area contributed by atoms with E-state index >= 15 is 0 Å². The minimum atomic E-state index is 0.288. The molecule has 3 fully saturated rings. The summed E-state index contributed by atoms with van der Waals surface area (Å²) in [7, 11) is 0. The fraction of sp³-hybridized carbons (Fsp3) is 1.00. The van der Waals surface area contributed by atoms with Crippen molar-refractivity contribution in [3.63, 3.8) is 0 Å². The van der Waals surface area contributed by atoms with E-state index in [1.807, 2.05) is 0 Å². The number of nitrogens with one attached hydrogen (secondary N) is 1. The van der Waals surface area contributed by atoms with E-state index in [-0.39, 0.29) is 5.60 Å². The Bertz CT molecular complexity index is 281. The second kappa shape index (κ2) is 6.13. The number of hydrogen-bond acceptors (Lipinski definition) is 2. The lowest BCUT2D eigenvalue weighted by atomic mass is 9.74. The normalized spacial score (nSPS) is 32.4. The van der Waals surface area contributed by atoms with Crippen molar-refractivity contribution in [1.29, 1.82) is 0 Å². The summed E-state index contributed by atoms with van der Waals surface area (Å²) in [6.45, 7) is 4.40. The molecule has 2 aliphatic carbocycles. The monoisotopic (exact) mass is 265 g/mol. The van der Waals surface area contributed by atoms with Gasteiger partial charge in [-0.15, -0.1) is 0 Å². The second-order valence-electron chi connectivity index (χ2n) is 7.19. The van der Waals surface area contributed by atoms with E-state index in [9.17, 15) is 0 Å². The standard InChI is InChI=1S/C17H31NO/c1-2-18-16(12-14-6-5-7-14)15-8-11-19-17(13-15)9-3-4-10-17/h14-16,18H,2-13H2,1H3. The summed E-state index contributed by atoms with van der Waals surface area (Å²) >= 11 is 0. The maximum absolute atomic E-state index is 6.20. The molecule has 2 nitrogen and oxygen atoms in total. The molecule has 3 rings (SSSR count). The van der Waals surface area contributed by atoms with E-state index in [4.69, 9.17) is 4.74 Å². The molecular formula is C17H31NO. The van der Waals surface area contributed by atoms with Crippen LogP contribution in [0, 0.1) is 11.8 Å². The molecule has 110 valence electrons. The fourth-order valence-corrected chi connectivity index (χ4v) is 4.57. The quantitative estimate of drug-likeness (QED) is 0.814. The highest BCUT2D eigenvalue weighted by molar-refractivity contribution is 4.95. The summed E-state index contributed by atoms with van der Waals surface area (Å²) in [5.41, 5.74) is 0.288. The van der Waals surface area contributed by atoms with Crippen LogP contribution in [0.3, 0.4) is 0 Å². The van der Waals surface area contributed by atoms with Crippen LogP contribution in [0.15, 0.2) is 0 Å². The van der Waals surface area contributed by atoms with Gasteiger partial charge in [-0.05, 0) is 50.5 Å². The summed E-state index contributed by atoms with van der Waals surface area (Å²) < 4.78 is 6.20. The molecule has 1 N–H and O–H groups in total. The van der Waals surface area contributed by atoms with E-state index in [2.05, 4.69) is 12.2 Å². The highest BCUT2D eigenvalue weighted by Crippen LogP contribution is 2.44. The molecule has 0 amide bonds. The number of rotatable bonds is 5. The van der Waals surface area contributed by atoms with E-state index in [1.54, 1.807) is 0 Å². The summed E-state index contributed by atoms with van der Waals surface area (Å²) in [5, 5.41) is 3.80. The minimum Gasteiger partial charge on any atom is -0.375 e. The van der Waals surface area contributed by atoms with Crippen molar-refractivity contribution in [2.24, 2.45) is 11.8 Å². The van der Waals surface area contributed by atoms with Crippen LogP contribution in [0.25, 0.3) is 0 Å². The largest absolute Gasteiger partial charge is 0.375 e. The summed E-state index contributed by atoms with van der Waals surface area (Å²) in [5.74, 6) is 1.89. The zero-order chi connectivity index (χ0) is 13.1. The van der Waals surface area contributed by atoms with Crippen molar-refractivity contribution < 1.29 is 4.74 Å². The van der Waals surface area contributed by atoms with Gasteiger partial charge in [0.1, 0.15) is 0 Å². The third kappa shape index (κ3) is 3.16. The zero-order valence-electron chi connectivity index (χ0n) is 12.6. The molecule has 1 saturated heterocycles. The van der Waals surface area contributed by atoms with Crippen molar-refractivity contribution in [1.82, 2.24) is 5.32 Å². The van der Waals surface area contributed by atoms with Gasteiger partial charge in [0.15, 0.2) is 0 Å². The van der Waals surface area contributed by atoms with Gasteiger partial charge in [0.05, 0.1) is 5.60 Å². The Morgan fingerprint density at radius 1 is 1.16 bits per heavy atom. The molecule has 0 bridgehead atoms. The van der Waals surface area contributed by atoms with E-state index in [0.717, 1.165) is 31.0 Å². The molecule has 2 atom stereocenters. The van der Waals surface area contributed by atoms with Gasteiger partial charge in [-0.3, -0.25) is 0 Å². The topological polar surface area (TPSA) is 21.3 Å². The van der Waals surface area contributed by atoms with Crippen molar-refractivity contribution in [3.05, 3.63) is 0 Å². The Morgan fingerprint density at radius 2 is 1.95 bits per heavy atom. The molecule has 1 heterocycles. The molecule has 2 heteroatoms. The molecular weight excluding hydrogens is 234 g/mol. The molecule has 0 radical (unpaired) electrons. The Hall–Kier alpha value is -0.0800.